The van der Waals surface area contributed by atoms with Gasteiger partial charge in [0, 0.05) is 23.1 Å². The van der Waals surface area contributed by atoms with Gasteiger partial charge in [0.25, 0.3) is 5.91 Å². The van der Waals surface area contributed by atoms with Crippen molar-refractivity contribution >= 4 is 48.5 Å². The number of carbonyl (C=O) groups excluding carboxylic acids is 1. The number of thiazole rings is 1. The number of rotatable bonds is 7. The molecule has 27 heavy (non-hydrogen) atoms. The minimum Gasteiger partial charge on any atom is -0.492 e. The smallest absolute Gasteiger partial charge is 0.260 e. The van der Waals surface area contributed by atoms with Gasteiger partial charge in [0.1, 0.15) is 11.3 Å². The van der Waals surface area contributed by atoms with Crippen LogP contribution in [0.2, 0.25) is 0 Å². The molecule has 0 unspecified atom stereocenters. The van der Waals surface area contributed by atoms with Gasteiger partial charge in [0.05, 0.1) is 11.3 Å². The SMILES string of the molecule is CCOc1cccc2sc(N(CCN(C)C)C(=O)c3cccc(Br)c3)nc12. The van der Waals surface area contributed by atoms with Crippen molar-refractivity contribution in [2.45, 2.75) is 6.92 Å². The average Bonchev–Trinajstić information content (AvgIpc) is 3.06. The molecule has 3 aromatic rings. The Morgan fingerprint density at radius 3 is 2.67 bits per heavy atom. The number of hydrogen-bond donors (Lipinski definition) is 0. The van der Waals surface area contributed by atoms with Crippen molar-refractivity contribution in [2.75, 3.05) is 38.7 Å². The molecule has 1 heterocycles. The van der Waals surface area contributed by atoms with Gasteiger partial charge in [0.15, 0.2) is 5.13 Å². The van der Waals surface area contributed by atoms with Crippen LogP contribution >= 0.6 is 27.3 Å². The summed E-state index contributed by atoms with van der Waals surface area (Å²) in [4.78, 5) is 21.8. The molecule has 0 saturated carbocycles. The van der Waals surface area contributed by atoms with Crippen molar-refractivity contribution in [2.24, 2.45) is 0 Å². The van der Waals surface area contributed by atoms with E-state index in [1.165, 1.54) is 11.3 Å². The monoisotopic (exact) mass is 447 g/mol. The molecule has 142 valence electrons. The number of aromatic nitrogens is 1. The zero-order chi connectivity index (χ0) is 19.4. The van der Waals surface area contributed by atoms with E-state index >= 15 is 0 Å². The molecule has 0 atom stereocenters. The second-order valence-corrected chi connectivity index (χ2v) is 8.23. The van der Waals surface area contributed by atoms with E-state index in [1.807, 2.05) is 63.5 Å². The summed E-state index contributed by atoms with van der Waals surface area (Å²) in [5, 5.41) is 0.684. The maximum absolute atomic E-state index is 13.2. The number of hydrogen-bond acceptors (Lipinski definition) is 5. The van der Waals surface area contributed by atoms with E-state index in [9.17, 15) is 4.79 Å². The number of fused-ring (bicyclic) bond motifs is 1. The fourth-order valence-electron chi connectivity index (χ4n) is 2.66. The molecule has 0 spiro atoms. The first-order valence-electron chi connectivity index (χ1n) is 8.74. The molecule has 5 nitrogen and oxygen atoms in total. The highest BCUT2D eigenvalue weighted by Gasteiger charge is 2.22. The molecule has 0 fully saturated rings. The van der Waals surface area contributed by atoms with Crippen LogP contribution in [0.1, 0.15) is 17.3 Å². The molecular formula is C20H22BrN3O2S. The summed E-state index contributed by atoms with van der Waals surface area (Å²) in [6.45, 7) is 3.83. The van der Waals surface area contributed by atoms with Gasteiger partial charge >= 0.3 is 0 Å². The Labute approximate surface area is 171 Å². The van der Waals surface area contributed by atoms with Crippen molar-refractivity contribution in [1.29, 1.82) is 0 Å². The first-order valence-corrected chi connectivity index (χ1v) is 10.3. The van der Waals surface area contributed by atoms with Crippen molar-refractivity contribution in [3.63, 3.8) is 0 Å². The van der Waals surface area contributed by atoms with E-state index in [-0.39, 0.29) is 5.91 Å². The van der Waals surface area contributed by atoms with Crippen LogP contribution in [0.5, 0.6) is 5.75 Å². The molecule has 0 radical (unpaired) electrons. The molecule has 2 aromatic carbocycles. The first kappa shape index (κ1) is 19.8. The van der Waals surface area contributed by atoms with Crippen LogP contribution in [0.3, 0.4) is 0 Å². The van der Waals surface area contributed by atoms with Gasteiger partial charge in [-0.25, -0.2) is 4.98 Å². The van der Waals surface area contributed by atoms with Gasteiger partial charge in [-0.05, 0) is 51.4 Å². The van der Waals surface area contributed by atoms with Gasteiger partial charge in [-0.15, -0.1) is 0 Å². The Balaban J connectivity index is 2.01. The van der Waals surface area contributed by atoms with Crippen molar-refractivity contribution in [3.8, 4) is 5.75 Å². The van der Waals surface area contributed by atoms with E-state index in [1.54, 1.807) is 4.90 Å². The number of para-hydroxylation sites is 1. The molecule has 1 amide bonds. The minimum absolute atomic E-state index is 0.0600. The third-order valence-corrected chi connectivity index (χ3v) is 5.53. The molecule has 0 bridgehead atoms. The lowest BCUT2D eigenvalue weighted by Crippen LogP contribution is -2.36. The van der Waals surface area contributed by atoms with E-state index < -0.39 is 0 Å². The Morgan fingerprint density at radius 1 is 1.19 bits per heavy atom. The average molecular weight is 448 g/mol. The van der Waals surface area contributed by atoms with Crippen LogP contribution in [0, 0.1) is 0 Å². The topological polar surface area (TPSA) is 45.7 Å². The molecule has 0 saturated heterocycles. The van der Waals surface area contributed by atoms with Crippen LogP contribution < -0.4 is 9.64 Å². The minimum atomic E-state index is -0.0600. The summed E-state index contributed by atoms with van der Waals surface area (Å²) in [5.74, 6) is 0.690. The fourth-order valence-corrected chi connectivity index (χ4v) is 4.07. The van der Waals surface area contributed by atoms with Crippen molar-refractivity contribution in [1.82, 2.24) is 9.88 Å². The largest absolute Gasteiger partial charge is 0.492 e. The van der Waals surface area contributed by atoms with Crippen molar-refractivity contribution < 1.29 is 9.53 Å². The predicted octanol–water partition coefficient (Wildman–Crippen LogP) is 4.67. The number of likely N-dealkylation sites (N-methyl/N-ethyl adjacent to an activating group) is 1. The zero-order valence-corrected chi connectivity index (χ0v) is 18.0. The third kappa shape index (κ3) is 4.66. The highest BCUT2D eigenvalue weighted by Crippen LogP contribution is 2.34. The normalized spacial score (nSPS) is 11.1. The third-order valence-electron chi connectivity index (χ3n) is 3.99. The summed E-state index contributed by atoms with van der Waals surface area (Å²) < 4.78 is 7.58. The lowest BCUT2D eigenvalue weighted by Gasteiger charge is -2.22. The van der Waals surface area contributed by atoms with Crippen LogP contribution in [-0.4, -0.2) is 49.6 Å². The van der Waals surface area contributed by atoms with Crippen LogP contribution in [0.15, 0.2) is 46.9 Å². The molecule has 1 aromatic heterocycles. The van der Waals surface area contributed by atoms with Gasteiger partial charge in [0.2, 0.25) is 0 Å². The van der Waals surface area contributed by atoms with Gasteiger partial charge in [-0.3, -0.25) is 9.69 Å². The van der Waals surface area contributed by atoms with E-state index in [0.717, 1.165) is 27.0 Å². The Morgan fingerprint density at radius 2 is 1.96 bits per heavy atom. The number of benzene rings is 2. The quantitative estimate of drug-likeness (QED) is 0.527. The fraction of sp³-hybridized carbons (Fsp3) is 0.300. The summed E-state index contributed by atoms with van der Waals surface area (Å²) in [7, 11) is 3.99. The Hall–Kier alpha value is -1.96. The molecule has 0 N–H and O–H groups in total. The van der Waals surface area contributed by atoms with E-state index in [2.05, 4.69) is 20.8 Å². The number of nitrogens with zero attached hydrogens (tertiary/aromatic N) is 3. The molecule has 0 aliphatic heterocycles. The van der Waals surface area contributed by atoms with Crippen molar-refractivity contribution in [3.05, 3.63) is 52.5 Å². The summed E-state index contributed by atoms with van der Waals surface area (Å²) >= 11 is 4.95. The lowest BCUT2D eigenvalue weighted by atomic mass is 10.2. The molecule has 3 rings (SSSR count). The van der Waals surface area contributed by atoms with Gasteiger partial charge in [-0.2, -0.15) is 0 Å². The standard InChI is InChI=1S/C20H22BrN3O2S/c1-4-26-16-9-6-10-17-18(16)22-20(27-17)24(12-11-23(2)3)19(25)14-7-5-8-15(21)13-14/h5-10,13H,4,11-12H2,1-3H3. The van der Waals surface area contributed by atoms with Crippen LogP contribution in [0.25, 0.3) is 10.2 Å². The Kier molecular flexibility index (Phi) is 6.46. The molecular weight excluding hydrogens is 426 g/mol. The van der Waals surface area contributed by atoms with Gasteiger partial charge < -0.3 is 9.64 Å². The van der Waals surface area contributed by atoms with Gasteiger partial charge in [-0.1, -0.05) is 39.4 Å². The lowest BCUT2D eigenvalue weighted by molar-refractivity contribution is 0.0985. The first-order chi connectivity index (χ1) is 13.0. The summed E-state index contributed by atoms with van der Waals surface area (Å²) in [6, 6.07) is 13.3. The second kappa shape index (κ2) is 8.82. The maximum Gasteiger partial charge on any atom is 0.260 e. The summed E-state index contributed by atoms with van der Waals surface area (Å²) in [6.07, 6.45) is 0. The summed E-state index contributed by atoms with van der Waals surface area (Å²) in [5.41, 5.74) is 1.43. The predicted molar refractivity (Wildman–Crippen MR) is 115 cm³/mol. The Bertz CT molecular complexity index is 942. The second-order valence-electron chi connectivity index (χ2n) is 6.30. The molecule has 0 aliphatic rings. The number of anilines is 1. The number of amides is 1. The highest BCUT2D eigenvalue weighted by atomic mass is 79.9. The number of ether oxygens (including phenoxy) is 1. The maximum atomic E-state index is 13.2. The van der Waals surface area contributed by atoms with E-state index in [4.69, 9.17) is 9.72 Å². The number of carbonyl (C=O) groups is 1. The number of halogens is 1. The molecule has 0 aliphatic carbocycles. The van der Waals surface area contributed by atoms with E-state index in [0.29, 0.717) is 23.8 Å². The zero-order valence-electron chi connectivity index (χ0n) is 15.6. The van der Waals surface area contributed by atoms with Crippen LogP contribution in [0.4, 0.5) is 5.13 Å². The van der Waals surface area contributed by atoms with Crippen LogP contribution in [-0.2, 0) is 0 Å². The highest BCUT2D eigenvalue weighted by molar-refractivity contribution is 9.10. The molecule has 7 heteroatoms.